The van der Waals surface area contributed by atoms with E-state index in [0.29, 0.717) is 6.42 Å². The molecule has 1 aliphatic rings. The highest BCUT2D eigenvalue weighted by Gasteiger charge is 2.52. The highest BCUT2D eigenvalue weighted by Crippen LogP contribution is 2.63. The number of hydrogen-bond acceptors (Lipinski definition) is 7. The molecule has 0 bridgehead atoms. The average Bonchev–Trinajstić information content (AvgIpc) is 2.56. The van der Waals surface area contributed by atoms with E-state index in [2.05, 4.69) is 4.98 Å². The third-order valence-corrected chi connectivity index (χ3v) is 4.71. The van der Waals surface area contributed by atoms with Gasteiger partial charge in [0.25, 0.3) is 5.69 Å². The van der Waals surface area contributed by atoms with Crippen LogP contribution in [-0.2, 0) is 9.05 Å². The third kappa shape index (κ3) is 3.80. The molecule has 2 unspecified atom stereocenters. The number of nitrogens with zero attached hydrogens (tertiary/aromatic N) is 2. The molecule has 1 aliphatic heterocycles. The van der Waals surface area contributed by atoms with Crippen LogP contribution in [-0.4, -0.2) is 21.4 Å². The summed E-state index contributed by atoms with van der Waals surface area (Å²) in [7, 11) is -3.54. The van der Waals surface area contributed by atoms with Crippen LogP contribution < -0.4 is 4.52 Å². The van der Waals surface area contributed by atoms with Gasteiger partial charge >= 0.3 is 8.17 Å². The molecular formula is C14H14N2O6P+. The molecular weight excluding hydrogens is 323 g/mol. The van der Waals surface area contributed by atoms with Gasteiger partial charge in [0.05, 0.1) is 4.92 Å². The zero-order valence-electron chi connectivity index (χ0n) is 11.9. The monoisotopic (exact) mass is 337 g/mol. The predicted octanol–water partition coefficient (Wildman–Crippen LogP) is 3.22. The van der Waals surface area contributed by atoms with Crippen molar-refractivity contribution in [3.8, 4) is 5.75 Å². The minimum atomic E-state index is -3.54. The molecule has 23 heavy (non-hydrogen) atoms. The largest absolute Gasteiger partial charge is 0.619 e. The number of rotatable bonds is 4. The van der Waals surface area contributed by atoms with E-state index in [1.165, 1.54) is 24.3 Å². The van der Waals surface area contributed by atoms with Gasteiger partial charge in [-0.3, -0.25) is 19.6 Å². The Morgan fingerprint density at radius 3 is 2.61 bits per heavy atom. The second-order valence-electron chi connectivity index (χ2n) is 4.81. The molecule has 0 aliphatic carbocycles. The van der Waals surface area contributed by atoms with Gasteiger partial charge in [-0.1, -0.05) is 0 Å². The van der Waals surface area contributed by atoms with E-state index in [9.17, 15) is 15.0 Å². The fourth-order valence-electron chi connectivity index (χ4n) is 2.13. The Kier molecular flexibility index (Phi) is 4.49. The maximum absolute atomic E-state index is 10.6. The van der Waals surface area contributed by atoms with E-state index in [0.717, 1.165) is 5.56 Å². The van der Waals surface area contributed by atoms with Gasteiger partial charge in [-0.15, -0.1) is 9.05 Å². The quantitative estimate of drug-likeness (QED) is 0.519. The molecule has 0 spiro atoms. The summed E-state index contributed by atoms with van der Waals surface area (Å²) in [6.45, 7) is 0.282. The van der Waals surface area contributed by atoms with E-state index in [4.69, 9.17) is 13.6 Å². The van der Waals surface area contributed by atoms with Crippen LogP contribution in [0.2, 0.25) is 0 Å². The molecule has 8 nitrogen and oxygen atoms in total. The second-order valence-corrected chi connectivity index (χ2v) is 6.40. The number of nitro groups is 1. The van der Waals surface area contributed by atoms with E-state index in [-0.39, 0.29) is 24.1 Å². The van der Waals surface area contributed by atoms with Gasteiger partial charge in [-0.2, -0.15) is 4.89 Å². The van der Waals surface area contributed by atoms with E-state index in [1.807, 2.05) is 0 Å². The van der Waals surface area contributed by atoms with Crippen molar-refractivity contribution in [3.05, 3.63) is 64.5 Å². The van der Waals surface area contributed by atoms with Crippen molar-refractivity contribution in [3.63, 3.8) is 0 Å². The van der Waals surface area contributed by atoms with Crippen molar-refractivity contribution in [1.29, 1.82) is 0 Å². The van der Waals surface area contributed by atoms with Crippen LogP contribution >= 0.6 is 8.17 Å². The number of non-ortho nitro benzene ring substituents is 1. The van der Waals surface area contributed by atoms with Crippen molar-refractivity contribution in [2.45, 2.75) is 12.5 Å². The van der Waals surface area contributed by atoms with Crippen molar-refractivity contribution in [1.82, 2.24) is 4.98 Å². The van der Waals surface area contributed by atoms with Gasteiger partial charge in [-0.05, 0) is 29.8 Å². The summed E-state index contributed by atoms with van der Waals surface area (Å²) in [6, 6.07) is 8.94. The topological polar surface area (TPSA) is 104 Å². The van der Waals surface area contributed by atoms with Crippen LogP contribution in [0, 0.1) is 10.1 Å². The summed E-state index contributed by atoms with van der Waals surface area (Å²) in [6.07, 6.45) is 3.50. The molecule has 0 radical (unpaired) electrons. The van der Waals surface area contributed by atoms with Crippen molar-refractivity contribution in [2.24, 2.45) is 0 Å². The molecule has 2 atom stereocenters. The van der Waals surface area contributed by atoms with Crippen LogP contribution in [0.4, 0.5) is 5.69 Å². The zero-order valence-corrected chi connectivity index (χ0v) is 12.8. The van der Waals surface area contributed by atoms with Gasteiger partial charge in [0.1, 0.15) is 12.7 Å². The summed E-state index contributed by atoms with van der Waals surface area (Å²) in [4.78, 5) is 24.5. The predicted molar refractivity (Wildman–Crippen MR) is 81.5 cm³/mol. The Morgan fingerprint density at radius 1 is 1.26 bits per heavy atom. The molecule has 9 heteroatoms. The van der Waals surface area contributed by atoms with Gasteiger partial charge in [0, 0.05) is 30.9 Å². The lowest BCUT2D eigenvalue weighted by atomic mass is 10.1. The normalized spacial score (nSPS) is 24.1. The first-order valence-corrected chi connectivity index (χ1v) is 8.34. The molecule has 0 amide bonds. The average molecular weight is 337 g/mol. The first-order chi connectivity index (χ1) is 11.1. The first kappa shape index (κ1) is 15.8. The van der Waals surface area contributed by atoms with Crippen LogP contribution in [0.3, 0.4) is 0 Å². The molecule has 1 aromatic heterocycles. The molecule has 2 heterocycles. The number of aromatic nitrogens is 1. The fourth-order valence-corrected chi connectivity index (χ4v) is 3.56. The zero-order chi connectivity index (χ0) is 16.3. The third-order valence-electron chi connectivity index (χ3n) is 3.24. The Labute approximate surface area is 132 Å². The Bertz CT molecular complexity index is 683. The molecule has 1 aromatic carbocycles. The SMILES string of the molecule is O=[N+]([O-])c1ccc(O[P+]2(O)OCCC(c3ccncc3)O2)cc1. The standard InChI is InChI=1S/C14H14N2O6P/c17-16(18)12-1-3-13(4-2-12)21-23(19)20-10-7-14(22-23)11-5-8-15-9-6-11/h1-6,8-9,14,19H,7,10H2/q+1. The molecule has 1 saturated heterocycles. The summed E-state index contributed by atoms with van der Waals surface area (Å²) >= 11 is 0. The van der Waals surface area contributed by atoms with E-state index < -0.39 is 13.1 Å². The molecule has 2 aromatic rings. The molecule has 3 rings (SSSR count). The molecule has 1 N–H and O–H groups in total. The number of benzene rings is 1. The molecule has 120 valence electrons. The fraction of sp³-hybridized carbons (Fsp3) is 0.214. The van der Waals surface area contributed by atoms with Gasteiger partial charge in [0.15, 0.2) is 5.75 Å². The second kappa shape index (κ2) is 6.55. The number of pyridine rings is 1. The van der Waals surface area contributed by atoms with Crippen LogP contribution in [0.1, 0.15) is 18.1 Å². The maximum atomic E-state index is 10.6. The van der Waals surface area contributed by atoms with Crippen molar-refractivity contribution in [2.75, 3.05) is 6.61 Å². The Hall–Kier alpha value is -2.12. The minimum Gasteiger partial charge on any atom is -0.265 e. The Balaban J connectivity index is 1.72. The van der Waals surface area contributed by atoms with Gasteiger partial charge in [-0.25, -0.2) is 0 Å². The highest BCUT2D eigenvalue weighted by atomic mass is 31.2. The molecule has 1 fully saturated rings. The maximum Gasteiger partial charge on any atom is 0.619 e. The lowest BCUT2D eigenvalue weighted by molar-refractivity contribution is -0.384. The smallest absolute Gasteiger partial charge is 0.265 e. The summed E-state index contributed by atoms with van der Waals surface area (Å²) in [5.74, 6) is 0.238. The van der Waals surface area contributed by atoms with E-state index >= 15 is 0 Å². The summed E-state index contributed by atoms with van der Waals surface area (Å²) < 4.78 is 16.3. The highest BCUT2D eigenvalue weighted by molar-refractivity contribution is 7.55. The first-order valence-electron chi connectivity index (χ1n) is 6.84. The summed E-state index contributed by atoms with van der Waals surface area (Å²) in [5, 5.41) is 10.6. The molecule has 0 saturated carbocycles. The lowest BCUT2D eigenvalue weighted by Gasteiger charge is -2.25. The van der Waals surface area contributed by atoms with Gasteiger partial charge < -0.3 is 0 Å². The van der Waals surface area contributed by atoms with Crippen molar-refractivity contribution >= 4 is 13.9 Å². The van der Waals surface area contributed by atoms with E-state index in [1.54, 1.807) is 24.5 Å². The lowest BCUT2D eigenvalue weighted by Crippen LogP contribution is -2.20. The number of hydrogen-bond donors (Lipinski definition) is 1. The Morgan fingerprint density at radius 2 is 1.96 bits per heavy atom. The van der Waals surface area contributed by atoms with Crippen molar-refractivity contribution < 1.29 is 23.4 Å². The minimum absolute atomic E-state index is 0.0668. The van der Waals surface area contributed by atoms with Crippen LogP contribution in [0.5, 0.6) is 5.75 Å². The summed E-state index contributed by atoms with van der Waals surface area (Å²) in [5.41, 5.74) is 0.803. The van der Waals surface area contributed by atoms with Gasteiger partial charge in [0.2, 0.25) is 0 Å². The van der Waals surface area contributed by atoms with Crippen LogP contribution in [0.25, 0.3) is 0 Å². The number of nitro benzene ring substituents is 1. The van der Waals surface area contributed by atoms with Crippen LogP contribution in [0.15, 0.2) is 48.8 Å².